The van der Waals surface area contributed by atoms with Crippen molar-refractivity contribution in [2.45, 2.75) is 12.8 Å². The van der Waals surface area contributed by atoms with Crippen molar-refractivity contribution in [3.8, 4) is 5.75 Å². The fraction of sp³-hybridized carbons (Fsp3) is 0.143. The van der Waals surface area contributed by atoms with Gasteiger partial charge < -0.3 is 15.0 Å². The highest BCUT2D eigenvalue weighted by Gasteiger charge is 2.31. The van der Waals surface area contributed by atoms with Crippen LogP contribution in [0.4, 0.5) is 5.69 Å². The van der Waals surface area contributed by atoms with E-state index in [1.807, 2.05) is 66.7 Å². The van der Waals surface area contributed by atoms with E-state index in [9.17, 15) is 4.79 Å². The molecule has 1 atom stereocenters. The molecule has 1 aliphatic heterocycles. The number of fused-ring (bicyclic) bond motifs is 1. The summed E-state index contributed by atoms with van der Waals surface area (Å²) >= 11 is 0. The van der Waals surface area contributed by atoms with E-state index in [1.54, 1.807) is 18.1 Å². The lowest BCUT2D eigenvalue weighted by molar-refractivity contribution is 0.0733. The third-order valence-corrected chi connectivity index (χ3v) is 4.47. The maximum atomic E-state index is 12.7. The molecule has 0 saturated carbocycles. The summed E-state index contributed by atoms with van der Waals surface area (Å²) in [6.07, 6.45) is 1.45. The van der Waals surface area contributed by atoms with E-state index < -0.39 is 0 Å². The third kappa shape index (κ3) is 2.99. The Balaban J connectivity index is 1.63. The second kappa shape index (κ2) is 6.88. The van der Waals surface area contributed by atoms with Gasteiger partial charge in [0.2, 0.25) is 0 Å². The molecule has 1 aliphatic rings. The summed E-state index contributed by atoms with van der Waals surface area (Å²) < 4.78 is 6.01. The number of nitrogens with zero attached hydrogens (tertiary/aromatic N) is 2. The number of nitrogens with one attached hydrogen (secondary N) is 1. The molecule has 2 heterocycles. The average Bonchev–Trinajstić information content (AvgIpc) is 2.70. The van der Waals surface area contributed by atoms with Crippen LogP contribution in [0.5, 0.6) is 5.75 Å². The second-order valence-electron chi connectivity index (χ2n) is 6.16. The molecule has 0 bridgehead atoms. The van der Waals surface area contributed by atoms with Gasteiger partial charge >= 0.3 is 0 Å². The first-order valence-electron chi connectivity index (χ1n) is 8.48. The molecule has 0 saturated heterocycles. The molecule has 5 nitrogen and oxygen atoms in total. The van der Waals surface area contributed by atoms with Crippen molar-refractivity contribution in [3.05, 3.63) is 89.7 Å². The van der Waals surface area contributed by atoms with Crippen molar-refractivity contribution in [2.75, 3.05) is 12.4 Å². The number of para-hydroxylation sites is 2. The smallest absolute Gasteiger partial charge is 0.257 e. The maximum absolute atomic E-state index is 12.7. The van der Waals surface area contributed by atoms with E-state index >= 15 is 0 Å². The lowest BCUT2D eigenvalue weighted by atomic mass is 10.0. The minimum absolute atomic E-state index is 0.0103. The molecule has 0 radical (unpaired) electrons. The number of anilines is 1. The predicted octanol–water partition coefficient (Wildman–Crippen LogP) is 3.86. The van der Waals surface area contributed by atoms with Crippen LogP contribution in [0.15, 0.2) is 72.9 Å². The first kappa shape index (κ1) is 16.1. The first-order valence-corrected chi connectivity index (χ1v) is 8.48. The van der Waals surface area contributed by atoms with Crippen LogP contribution >= 0.6 is 0 Å². The van der Waals surface area contributed by atoms with Gasteiger partial charge in [-0.3, -0.25) is 9.78 Å². The van der Waals surface area contributed by atoms with Gasteiger partial charge in [-0.05, 0) is 30.3 Å². The summed E-state index contributed by atoms with van der Waals surface area (Å²) in [6.45, 7) is 0.374. The maximum Gasteiger partial charge on any atom is 0.257 e. The molecule has 2 aromatic carbocycles. The van der Waals surface area contributed by atoms with Gasteiger partial charge in [0.15, 0.2) is 0 Å². The highest BCUT2D eigenvalue weighted by Crippen LogP contribution is 2.35. The summed E-state index contributed by atoms with van der Waals surface area (Å²) in [6, 6.07) is 21.0. The zero-order chi connectivity index (χ0) is 17.9. The van der Waals surface area contributed by atoms with E-state index in [2.05, 4.69) is 10.3 Å². The number of hydrogen-bond acceptors (Lipinski definition) is 4. The van der Waals surface area contributed by atoms with Crippen LogP contribution in [-0.2, 0) is 6.61 Å². The van der Waals surface area contributed by atoms with Gasteiger partial charge in [-0.2, -0.15) is 0 Å². The van der Waals surface area contributed by atoms with Gasteiger partial charge in [0, 0.05) is 24.5 Å². The van der Waals surface area contributed by atoms with E-state index in [1.165, 1.54) is 0 Å². The second-order valence-corrected chi connectivity index (χ2v) is 6.16. The van der Waals surface area contributed by atoms with Gasteiger partial charge in [0.25, 0.3) is 5.91 Å². The topological polar surface area (TPSA) is 54.5 Å². The summed E-state index contributed by atoms with van der Waals surface area (Å²) in [5, 5.41) is 3.44. The lowest BCUT2D eigenvalue weighted by Crippen LogP contribution is -2.40. The van der Waals surface area contributed by atoms with Crippen molar-refractivity contribution in [1.29, 1.82) is 0 Å². The number of benzene rings is 2. The van der Waals surface area contributed by atoms with Crippen molar-refractivity contribution >= 4 is 11.6 Å². The Labute approximate surface area is 152 Å². The Hall–Kier alpha value is -3.34. The Kier molecular flexibility index (Phi) is 4.27. The number of rotatable bonds is 4. The number of hydrogen-bond donors (Lipinski definition) is 1. The van der Waals surface area contributed by atoms with Gasteiger partial charge in [-0.25, -0.2) is 0 Å². The standard InChI is InChI=1S/C21H19N3O2/c1-24-20(23-18-11-4-2-9-16(18)21(24)25)17-10-3-5-12-19(17)26-14-15-8-6-7-13-22-15/h2-13,20,23H,14H2,1H3/t20-/m1/s1. The fourth-order valence-electron chi connectivity index (χ4n) is 3.11. The molecule has 0 spiro atoms. The van der Waals surface area contributed by atoms with E-state index in [0.29, 0.717) is 12.2 Å². The molecule has 1 amide bonds. The molecule has 130 valence electrons. The van der Waals surface area contributed by atoms with Crippen molar-refractivity contribution in [1.82, 2.24) is 9.88 Å². The van der Waals surface area contributed by atoms with Crippen molar-refractivity contribution in [2.24, 2.45) is 0 Å². The third-order valence-electron chi connectivity index (χ3n) is 4.47. The van der Waals surface area contributed by atoms with Gasteiger partial charge in [0.1, 0.15) is 18.5 Å². The molecular weight excluding hydrogens is 326 g/mol. The minimum Gasteiger partial charge on any atom is -0.487 e. The SMILES string of the molecule is CN1C(=O)c2ccccc2N[C@H]1c1ccccc1OCc1ccccn1. The van der Waals surface area contributed by atoms with Crippen LogP contribution in [0.2, 0.25) is 0 Å². The van der Waals surface area contributed by atoms with Crippen LogP contribution in [0.1, 0.15) is 27.8 Å². The number of carbonyl (C=O) groups is 1. The normalized spacial score (nSPS) is 16.0. The van der Waals surface area contributed by atoms with Crippen LogP contribution < -0.4 is 10.1 Å². The molecule has 3 aromatic rings. The number of pyridine rings is 1. The molecule has 1 N–H and O–H groups in total. The van der Waals surface area contributed by atoms with Crippen LogP contribution in [0, 0.1) is 0 Å². The number of carbonyl (C=O) groups excluding carboxylic acids is 1. The molecule has 4 rings (SSSR count). The molecule has 1 aromatic heterocycles. The molecular formula is C21H19N3O2. The number of amides is 1. The van der Waals surface area contributed by atoms with Crippen molar-refractivity contribution in [3.63, 3.8) is 0 Å². The summed E-state index contributed by atoms with van der Waals surface area (Å²) in [5.74, 6) is 0.721. The lowest BCUT2D eigenvalue weighted by Gasteiger charge is -2.36. The molecule has 5 heteroatoms. The summed E-state index contributed by atoms with van der Waals surface area (Å²) in [4.78, 5) is 18.7. The van der Waals surface area contributed by atoms with Crippen LogP contribution in [0.25, 0.3) is 0 Å². The molecule has 0 unspecified atom stereocenters. The molecule has 26 heavy (non-hydrogen) atoms. The first-order chi connectivity index (χ1) is 12.7. The van der Waals surface area contributed by atoms with E-state index in [0.717, 1.165) is 22.7 Å². The summed E-state index contributed by atoms with van der Waals surface area (Å²) in [5.41, 5.74) is 3.28. The minimum atomic E-state index is -0.294. The zero-order valence-corrected chi connectivity index (χ0v) is 14.4. The summed E-state index contributed by atoms with van der Waals surface area (Å²) in [7, 11) is 1.80. The Morgan fingerprint density at radius 2 is 1.81 bits per heavy atom. The Bertz CT molecular complexity index is 927. The van der Waals surface area contributed by atoms with E-state index in [4.69, 9.17) is 4.74 Å². The van der Waals surface area contributed by atoms with Gasteiger partial charge in [-0.15, -0.1) is 0 Å². The largest absolute Gasteiger partial charge is 0.487 e. The highest BCUT2D eigenvalue weighted by molar-refractivity contribution is 6.01. The molecule has 0 fully saturated rings. The van der Waals surface area contributed by atoms with Gasteiger partial charge in [-0.1, -0.05) is 36.4 Å². The average molecular weight is 345 g/mol. The number of ether oxygens (including phenoxy) is 1. The Morgan fingerprint density at radius 3 is 2.65 bits per heavy atom. The van der Waals surface area contributed by atoms with Gasteiger partial charge in [0.05, 0.1) is 11.3 Å². The molecule has 0 aliphatic carbocycles. The zero-order valence-electron chi connectivity index (χ0n) is 14.4. The quantitative estimate of drug-likeness (QED) is 0.780. The van der Waals surface area contributed by atoms with Crippen LogP contribution in [-0.4, -0.2) is 22.8 Å². The Morgan fingerprint density at radius 1 is 1.04 bits per heavy atom. The van der Waals surface area contributed by atoms with Crippen molar-refractivity contribution < 1.29 is 9.53 Å². The highest BCUT2D eigenvalue weighted by atomic mass is 16.5. The fourth-order valence-corrected chi connectivity index (χ4v) is 3.11. The van der Waals surface area contributed by atoms with E-state index in [-0.39, 0.29) is 12.1 Å². The number of aromatic nitrogens is 1. The predicted molar refractivity (Wildman–Crippen MR) is 99.9 cm³/mol. The monoisotopic (exact) mass is 345 g/mol. The van der Waals surface area contributed by atoms with Crippen LogP contribution in [0.3, 0.4) is 0 Å².